The van der Waals surface area contributed by atoms with Crippen LogP contribution in [0.15, 0.2) is 47.5 Å². The highest BCUT2D eigenvalue weighted by Gasteiger charge is 2.22. The fourth-order valence-electron chi connectivity index (χ4n) is 2.91. The van der Waals surface area contributed by atoms with Crippen molar-refractivity contribution in [1.82, 2.24) is 10.6 Å². The topological polar surface area (TPSA) is 54.9 Å². The Morgan fingerprint density at radius 3 is 2.68 bits per heavy atom. The molecule has 6 heteroatoms. The van der Waals surface area contributed by atoms with E-state index in [0.717, 1.165) is 16.9 Å². The molecule has 0 spiro atoms. The van der Waals surface area contributed by atoms with Crippen LogP contribution in [-0.4, -0.2) is 26.7 Å². The van der Waals surface area contributed by atoms with Crippen molar-refractivity contribution in [2.24, 2.45) is 10.9 Å². The fraction of sp³-hybridized carbons (Fsp3) is 0.409. The van der Waals surface area contributed by atoms with E-state index in [1.165, 1.54) is 18.9 Å². The van der Waals surface area contributed by atoms with Gasteiger partial charge in [-0.25, -0.2) is 4.39 Å². The third-order valence-corrected chi connectivity index (χ3v) is 4.84. The van der Waals surface area contributed by atoms with E-state index < -0.39 is 0 Å². The van der Waals surface area contributed by atoms with Crippen LogP contribution in [0.3, 0.4) is 0 Å². The Morgan fingerprint density at radius 1 is 1.21 bits per heavy atom. The van der Waals surface area contributed by atoms with Crippen molar-refractivity contribution in [3.05, 3.63) is 59.4 Å². The van der Waals surface area contributed by atoms with Crippen molar-refractivity contribution in [3.8, 4) is 11.5 Å². The van der Waals surface area contributed by atoms with Crippen LogP contribution in [-0.2, 0) is 6.54 Å². The number of hydrogen-bond acceptors (Lipinski definition) is 3. The molecule has 1 atom stereocenters. The van der Waals surface area contributed by atoms with Gasteiger partial charge < -0.3 is 20.1 Å². The smallest absolute Gasteiger partial charge is 0.191 e. The molecule has 0 saturated heterocycles. The van der Waals surface area contributed by atoms with E-state index in [-0.39, 0.29) is 11.9 Å². The van der Waals surface area contributed by atoms with E-state index in [1.54, 1.807) is 20.2 Å². The number of guanidine groups is 1. The first-order chi connectivity index (χ1) is 13.6. The van der Waals surface area contributed by atoms with Crippen molar-refractivity contribution < 1.29 is 13.9 Å². The van der Waals surface area contributed by atoms with Gasteiger partial charge in [-0.15, -0.1) is 0 Å². The van der Waals surface area contributed by atoms with Gasteiger partial charge >= 0.3 is 0 Å². The minimum atomic E-state index is -0.330. The number of methoxy groups -OCH3 is 1. The summed E-state index contributed by atoms with van der Waals surface area (Å²) in [5.41, 5.74) is 1.86. The normalized spacial score (nSPS) is 15.1. The largest absolute Gasteiger partial charge is 0.496 e. The Balaban J connectivity index is 1.57. The Labute approximate surface area is 166 Å². The molecule has 0 aromatic heterocycles. The lowest BCUT2D eigenvalue weighted by Crippen LogP contribution is -2.38. The van der Waals surface area contributed by atoms with E-state index >= 15 is 0 Å². The van der Waals surface area contributed by atoms with Crippen LogP contribution in [0, 0.1) is 11.7 Å². The molecule has 0 heterocycles. The van der Waals surface area contributed by atoms with Crippen molar-refractivity contribution >= 4 is 5.96 Å². The minimum Gasteiger partial charge on any atom is -0.496 e. The summed E-state index contributed by atoms with van der Waals surface area (Å²) in [5, 5.41) is 6.56. The van der Waals surface area contributed by atoms with Crippen molar-refractivity contribution in [2.45, 2.75) is 32.4 Å². The van der Waals surface area contributed by atoms with Crippen LogP contribution < -0.4 is 20.1 Å². The zero-order valence-electron chi connectivity index (χ0n) is 16.7. The van der Waals surface area contributed by atoms with Crippen molar-refractivity contribution in [1.29, 1.82) is 0 Å². The van der Waals surface area contributed by atoms with E-state index in [1.807, 2.05) is 37.3 Å². The van der Waals surface area contributed by atoms with Crippen LogP contribution in [0.1, 0.15) is 36.9 Å². The summed E-state index contributed by atoms with van der Waals surface area (Å²) in [6.45, 7) is 3.14. The molecule has 28 heavy (non-hydrogen) atoms. The van der Waals surface area contributed by atoms with Crippen LogP contribution in [0.5, 0.6) is 11.5 Å². The lowest BCUT2D eigenvalue weighted by molar-refractivity contribution is 0.285. The molecule has 1 saturated carbocycles. The first-order valence-corrected chi connectivity index (χ1v) is 9.62. The zero-order chi connectivity index (χ0) is 19.9. The highest BCUT2D eigenvalue weighted by Crippen LogP contribution is 2.30. The fourth-order valence-corrected chi connectivity index (χ4v) is 2.91. The number of rotatable bonds is 8. The number of ether oxygens (including phenoxy) is 2. The molecule has 1 fully saturated rings. The van der Waals surface area contributed by atoms with E-state index in [0.29, 0.717) is 30.8 Å². The van der Waals surface area contributed by atoms with Gasteiger partial charge in [0.1, 0.15) is 5.75 Å². The molecule has 2 N–H and O–H groups in total. The number of nitrogens with one attached hydrogen (secondary N) is 2. The second-order valence-electron chi connectivity index (χ2n) is 7.05. The number of aliphatic imine (C=N–C) groups is 1. The van der Waals surface area contributed by atoms with Gasteiger partial charge in [0.2, 0.25) is 0 Å². The molecule has 0 aliphatic heterocycles. The molecular formula is C22H28FN3O2. The van der Waals surface area contributed by atoms with Crippen LogP contribution >= 0.6 is 0 Å². The quantitative estimate of drug-likeness (QED) is 0.532. The SMILES string of the molecule is CN=C(NCc1ccccc1OC)NC(C)c1ccc(OCC2CC2)c(F)c1. The molecule has 1 aliphatic carbocycles. The summed E-state index contributed by atoms with van der Waals surface area (Å²) >= 11 is 0. The summed E-state index contributed by atoms with van der Waals surface area (Å²) in [6.07, 6.45) is 2.36. The maximum absolute atomic E-state index is 14.3. The standard InChI is InChI=1S/C22H28FN3O2/c1-15(17-10-11-21(19(23)12-17)28-14-16-8-9-16)26-22(24-2)25-13-18-6-4-5-7-20(18)27-3/h4-7,10-12,15-16H,8-9,13-14H2,1-3H3,(H2,24,25,26). The molecule has 1 aliphatic rings. The van der Waals surface area contributed by atoms with Gasteiger partial charge in [0, 0.05) is 19.2 Å². The molecule has 1 unspecified atom stereocenters. The Morgan fingerprint density at radius 2 is 2.00 bits per heavy atom. The highest BCUT2D eigenvalue weighted by molar-refractivity contribution is 5.80. The second-order valence-corrected chi connectivity index (χ2v) is 7.05. The first-order valence-electron chi connectivity index (χ1n) is 9.62. The van der Waals surface area contributed by atoms with Crippen LogP contribution in [0.25, 0.3) is 0 Å². The molecule has 150 valence electrons. The molecule has 0 radical (unpaired) electrons. The Kier molecular flexibility index (Phi) is 6.74. The predicted molar refractivity (Wildman–Crippen MR) is 109 cm³/mol. The number of nitrogens with zero attached hydrogens (tertiary/aromatic N) is 1. The summed E-state index contributed by atoms with van der Waals surface area (Å²) in [7, 11) is 3.36. The third-order valence-electron chi connectivity index (χ3n) is 4.84. The maximum atomic E-state index is 14.3. The summed E-state index contributed by atoms with van der Waals surface area (Å²) in [4.78, 5) is 4.26. The molecular weight excluding hydrogens is 357 g/mol. The molecule has 5 nitrogen and oxygen atoms in total. The van der Waals surface area contributed by atoms with E-state index in [4.69, 9.17) is 9.47 Å². The summed E-state index contributed by atoms with van der Waals surface area (Å²) in [5.74, 6) is 2.04. The van der Waals surface area contributed by atoms with Gasteiger partial charge in [0.25, 0.3) is 0 Å². The number of hydrogen-bond donors (Lipinski definition) is 2. The summed E-state index contributed by atoms with van der Waals surface area (Å²) in [6, 6.07) is 12.8. The monoisotopic (exact) mass is 385 g/mol. The lowest BCUT2D eigenvalue weighted by atomic mass is 10.1. The van der Waals surface area contributed by atoms with Crippen molar-refractivity contribution in [3.63, 3.8) is 0 Å². The van der Waals surface area contributed by atoms with E-state index in [2.05, 4.69) is 15.6 Å². The van der Waals surface area contributed by atoms with Crippen LogP contribution in [0.4, 0.5) is 4.39 Å². The maximum Gasteiger partial charge on any atom is 0.191 e. The summed E-state index contributed by atoms with van der Waals surface area (Å²) < 4.78 is 25.3. The van der Waals surface area contributed by atoms with Gasteiger partial charge in [-0.1, -0.05) is 24.3 Å². The second kappa shape index (κ2) is 9.44. The Hall–Kier alpha value is -2.76. The van der Waals surface area contributed by atoms with Gasteiger partial charge in [-0.3, -0.25) is 4.99 Å². The number of halogens is 1. The highest BCUT2D eigenvalue weighted by atomic mass is 19.1. The number of benzene rings is 2. The molecule has 2 aromatic carbocycles. The first kappa shape index (κ1) is 20.0. The van der Waals surface area contributed by atoms with Crippen LogP contribution in [0.2, 0.25) is 0 Å². The molecule has 2 aromatic rings. The molecule has 3 rings (SSSR count). The Bertz CT molecular complexity index is 821. The zero-order valence-corrected chi connectivity index (χ0v) is 16.7. The molecule has 0 amide bonds. The minimum absolute atomic E-state index is 0.115. The predicted octanol–water partition coefficient (Wildman–Crippen LogP) is 4.05. The van der Waals surface area contributed by atoms with Gasteiger partial charge in [0.15, 0.2) is 17.5 Å². The van der Waals surface area contributed by atoms with Gasteiger partial charge in [-0.05, 0) is 49.4 Å². The average Bonchev–Trinajstić information content (AvgIpc) is 3.54. The lowest BCUT2D eigenvalue weighted by Gasteiger charge is -2.19. The third kappa shape index (κ3) is 5.38. The van der Waals surface area contributed by atoms with E-state index in [9.17, 15) is 4.39 Å². The van der Waals surface area contributed by atoms with Crippen molar-refractivity contribution in [2.75, 3.05) is 20.8 Å². The van der Waals surface area contributed by atoms with Gasteiger partial charge in [-0.2, -0.15) is 0 Å². The average molecular weight is 385 g/mol. The van der Waals surface area contributed by atoms with Gasteiger partial charge in [0.05, 0.1) is 19.8 Å². The number of para-hydroxylation sites is 1. The molecule has 0 bridgehead atoms.